The Balaban J connectivity index is 1.60. The number of nitrogens with one attached hydrogen (secondary N) is 1. The van der Waals surface area contributed by atoms with Gasteiger partial charge >= 0.3 is 0 Å². The van der Waals surface area contributed by atoms with Crippen LogP contribution in [0, 0.1) is 17.1 Å². The lowest BCUT2D eigenvalue weighted by Crippen LogP contribution is -2.40. The molecule has 0 aliphatic heterocycles. The van der Waals surface area contributed by atoms with Gasteiger partial charge in [0.1, 0.15) is 11.8 Å². The first-order chi connectivity index (χ1) is 15.4. The van der Waals surface area contributed by atoms with Crippen molar-refractivity contribution < 1.29 is 9.18 Å². The molecule has 1 atom stereocenters. The lowest BCUT2D eigenvalue weighted by atomic mass is 9.81. The fraction of sp³-hybridized carbons (Fsp3) is 0.190. The lowest BCUT2D eigenvalue weighted by Gasteiger charge is -2.28. The molecule has 32 heavy (non-hydrogen) atoms. The molecule has 4 rings (SSSR count). The number of hydrogen-bond donors (Lipinski definition) is 1. The number of nitriles is 1. The molecule has 0 saturated carbocycles. The van der Waals surface area contributed by atoms with Gasteiger partial charge in [-0.15, -0.1) is 9.90 Å². The highest BCUT2D eigenvalue weighted by Crippen LogP contribution is 2.29. The van der Waals surface area contributed by atoms with Crippen LogP contribution in [0.3, 0.4) is 0 Å². The maximum absolute atomic E-state index is 14.0. The quantitative estimate of drug-likeness (QED) is 0.490. The van der Waals surface area contributed by atoms with E-state index in [1.54, 1.807) is 42.5 Å². The summed E-state index contributed by atoms with van der Waals surface area (Å²) in [5, 5.41) is 24.3. The Morgan fingerprint density at radius 2 is 2.03 bits per heavy atom. The van der Waals surface area contributed by atoms with E-state index in [4.69, 9.17) is 0 Å². The molecule has 0 bridgehead atoms. The van der Waals surface area contributed by atoms with Crippen molar-refractivity contribution in [3.8, 4) is 11.8 Å². The Bertz CT molecular complexity index is 1320. The molecule has 10 nitrogen and oxygen atoms in total. The lowest BCUT2D eigenvalue weighted by molar-refractivity contribution is 0.0941. The normalized spacial score (nSPS) is 12.7. The second kappa shape index (κ2) is 8.35. The van der Waals surface area contributed by atoms with Crippen molar-refractivity contribution in [1.29, 1.82) is 5.26 Å². The van der Waals surface area contributed by atoms with Crippen molar-refractivity contribution >= 4 is 5.91 Å². The minimum Gasteiger partial charge on any atom is -0.349 e. The van der Waals surface area contributed by atoms with Crippen molar-refractivity contribution in [1.82, 2.24) is 40.1 Å². The third kappa shape index (κ3) is 3.93. The summed E-state index contributed by atoms with van der Waals surface area (Å²) in [5.74, 6) is -0.998. The molecule has 0 saturated heterocycles. The maximum atomic E-state index is 14.0. The smallest absolute Gasteiger partial charge is 0.273 e. The van der Waals surface area contributed by atoms with Gasteiger partial charge in [-0.2, -0.15) is 15.5 Å². The minimum atomic E-state index is -0.828. The molecule has 0 radical (unpaired) electrons. The molecule has 0 aliphatic rings. The van der Waals surface area contributed by atoms with Crippen LogP contribution >= 0.6 is 0 Å². The molecule has 160 valence electrons. The molecule has 0 aliphatic carbocycles. The minimum absolute atomic E-state index is 0.0265. The van der Waals surface area contributed by atoms with Crippen LogP contribution in [0.2, 0.25) is 0 Å². The number of amides is 1. The molecule has 11 heteroatoms. The number of carbonyl (C=O) groups excluding carboxylic acids is 1. The molecule has 0 spiro atoms. The Kier molecular flexibility index (Phi) is 5.43. The van der Waals surface area contributed by atoms with Crippen LogP contribution in [0.4, 0.5) is 4.39 Å². The predicted molar refractivity (Wildman–Crippen MR) is 110 cm³/mol. The Labute approximate surface area is 182 Å². The monoisotopic (exact) mass is 431 g/mol. The van der Waals surface area contributed by atoms with Crippen molar-refractivity contribution in [3.05, 3.63) is 83.7 Å². The van der Waals surface area contributed by atoms with Gasteiger partial charge in [0.2, 0.25) is 0 Å². The van der Waals surface area contributed by atoms with Crippen molar-refractivity contribution in [2.24, 2.45) is 7.05 Å². The topological polar surface area (TPSA) is 127 Å². The fourth-order valence-corrected chi connectivity index (χ4v) is 3.18. The number of aryl methyl sites for hydroxylation is 1. The SMILES string of the molecule is Cn1cc(C(C)(CNC(=O)c2cnn(-c3ccccc3F)n2)c2cncc(C#N)n2)cn1. The number of rotatable bonds is 6. The largest absolute Gasteiger partial charge is 0.349 e. The summed E-state index contributed by atoms with van der Waals surface area (Å²) in [6.45, 7) is 1.99. The highest BCUT2D eigenvalue weighted by molar-refractivity contribution is 5.92. The van der Waals surface area contributed by atoms with Gasteiger partial charge in [-0.3, -0.25) is 14.5 Å². The highest BCUT2D eigenvalue weighted by atomic mass is 19.1. The number of halogens is 1. The molecular weight excluding hydrogens is 413 g/mol. The van der Waals surface area contributed by atoms with Crippen LogP contribution in [0.1, 0.15) is 34.4 Å². The summed E-state index contributed by atoms with van der Waals surface area (Å²) in [4.78, 5) is 22.3. The highest BCUT2D eigenvalue weighted by Gasteiger charge is 2.33. The summed E-state index contributed by atoms with van der Waals surface area (Å²) in [6.07, 6.45) is 7.66. The standard InChI is InChI=1S/C21H18FN9O/c1-21(14-8-26-30(2)12-14,19-11-24-9-15(7-23)28-19)13-25-20(32)17-10-27-31(29-17)18-6-4-3-5-16(18)22/h3-6,8-12H,13H2,1-2H3,(H,25,32). The second-order valence-electron chi connectivity index (χ2n) is 7.29. The summed E-state index contributed by atoms with van der Waals surface area (Å²) in [5.41, 5.74) is 0.774. The van der Waals surface area contributed by atoms with Gasteiger partial charge < -0.3 is 5.32 Å². The van der Waals surface area contributed by atoms with E-state index in [9.17, 15) is 14.4 Å². The van der Waals surface area contributed by atoms with Crippen molar-refractivity contribution in [2.45, 2.75) is 12.3 Å². The number of hydrogen-bond acceptors (Lipinski definition) is 7. The van der Waals surface area contributed by atoms with E-state index < -0.39 is 17.1 Å². The summed E-state index contributed by atoms with van der Waals surface area (Å²) < 4.78 is 15.6. The molecule has 3 heterocycles. The molecule has 3 aromatic heterocycles. The number of nitrogens with zero attached hydrogens (tertiary/aromatic N) is 8. The molecule has 1 unspecified atom stereocenters. The predicted octanol–water partition coefficient (Wildman–Crippen LogP) is 1.54. The molecule has 1 N–H and O–H groups in total. The van der Waals surface area contributed by atoms with Crippen LogP contribution in [-0.2, 0) is 12.5 Å². The Morgan fingerprint density at radius 3 is 2.75 bits per heavy atom. The van der Waals surface area contributed by atoms with Gasteiger partial charge in [0.05, 0.1) is 29.7 Å². The van der Waals surface area contributed by atoms with E-state index in [0.29, 0.717) is 5.69 Å². The molecular formula is C21H18FN9O. The Morgan fingerprint density at radius 1 is 1.22 bits per heavy atom. The van der Waals surface area contributed by atoms with E-state index in [2.05, 4.69) is 30.6 Å². The van der Waals surface area contributed by atoms with E-state index in [0.717, 1.165) is 10.4 Å². The van der Waals surface area contributed by atoms with Crippen LogP contribution in [-0.4, -0.2) is 47.2 Å². The van der Waals surface area contributed by atoms with Gasteiger partial charge in [-0.25, -0.2) is 9.37 Å². The number of carbonyl (C=O) groups is 1. The van der Waals surface area contributed by atoms with Gasteiger partial charge in [-0.1, -0.05) is 12.1 Å². The average molecular weight is 431 g/mol. The van der Waals surface area contributed by atoms with E-state index in [-0.39, 0.29) is 23.6 Å². The van der Waals surface area contributed by atoms with Crippen LogP contribution in [0.25, 0.3) is 5.69 Å². The molecule has 0 fully saturated rings. The summed E-state index contributed by atoms with van der Waals surface area (Å²) in [7, 11) is 1.78. The van der Waals surface area contributed by atoms with Gasteiger partial charge in [0.25, 0.3) is 5.91 Å². The van der Waals surface area contributed by atoms with E-state index >= 15 is 0 Å². The number of aromatic nitrogens is 7. The van der Waals surface area contributed by atoms with Gasteiger partial charge in [-0.05, 0) is 19.1 Å². The molecule has 1 amide bonds. The van der Waals surface area contributed by atoms with Crippen molar-refractivity contribution in [2.75, 3.05) is 6.54 Å². The van der Waals surface area contributed by atoms with E-state index in [1.165, 1.54) is 24.5 Å². The van der Waals surface area contributed by atoms with Crippen molar-refractivity contribution in [3.63, 3.8) is 0 Å². The fourth-order valence-electron chi connectivity index (χ4n) is 3.18. The summed E-state index contributed by atoms with van der Waals surface area (Å²) >= 11 is 0. The number of para-hydroxylation sites is 1. The van der Waals surface area contributed by atoms with Crippen LogP contribution < -0.4 is 5.32 Å². The second-order valence-corrected chi connectivity index (χ2v) is 7.29. The Hall–Kier alpha value is -4.46. The number of benzene rings is 1. The third-order valence-corrected chi connectivity index (χ3v) is 5.05. The first-order valence-electron chi connectivity index (χ1n) is 9.58. The van der Waals surface area contributed by atoms with Gasteiger partial charge in [0.15, 0.2) is 17.2 Å². The first kappa shape index (κ1) is 20.8. The van der Waals surface area contributed by atoms with Crippen LogP contribution in [0.5, 0.6) is 0 Å². The van der Waals surface area contributed by atoms with Crippen LogP contribution in [0.15, 0.2) is 55.2 Å². The molecule has 4 aromatic rings. The molecule has 1 aromatic carbocycles. The zero-order valence-corrected chi connectivity index (χ0v) is 17.3. The zero-order chi connectivity index (χ0) is 22.7. The first-order valence-corrected chi connectivity index (χ1v) is 9.58. The maximum Gasteiger partial charge on any atom is 0.273 e. The third-order valence-electron chi connectivity index (χ3n) is 5.05. The summed E-state index contributed by atoms with van der Waals surface area (Å²) in [6, 6.07) is 7.98. The van der Waals surface area contributed by atoms with Gasteiger partial charge in [0, 0.05) is 31.5 Å². The average Bonchev–Trinajstić information content (AvgIpc) is 3.47. The zero-order valence-electron chi connectivity index (χ0n) is 17.3. The van der Waals surface area contributed by atoms with E-state index in [1.807, 2.05) is 13.0 Å².